The quantitative estimate of drug-likeness (QED) is 0.345. The van der Waals surface area contributed by atoms with Gasteiger partial charge in [0.05, 0.1) is 21.2 Å². The van der Waals surface area contributed by atoms with Crippen molar-refractivity contribution >= 4 is 8.80 Å². The van der Waals surface area contributed by atoms with E-state index in [1.165, 1.54) is 0 Å². The van der Waals surface area contributed by atoms with E-state index in [9.17, 15) is 4.39 Å². The molecule has 3 heteroatoms. The summed E-state index contributed by atoms with van der Waals surface area (Å²) in [5.41, 5.74) is 1.00. The fourth-order valence-electron chi connectivity index (χ4n) is 1.48. The van der Waals surface area contributed by atoms with Crippen molar-refractivity contribution < 1.29 is 9.13 Å². The predicted octanol–water partition coefficient (Wildman–Crippen LogP) is 3.11. The van der Waals surface area contributed by atoms with Gasteiger partial charge in [0, 0.05) is 6.61 Å². The summed E-state index contributed by atoms with van der Waals surface area (Å²) in [4.78, 5) is 0. The van der Waals surface area contributed by atoms with E-state index in [1.54, 1.807) is 0 Å². The Morgan fingerprint density at radius 3 is 2.43 bits per heavy atom. The van der Waals surface area contributed by atoms with E-state index in [2.05, 4.69) is 20.4 Å². The van der Waals surface area contributed by atoms with Crippen LogP contribution in [0.25, 0.3) is 0 Å². The standard InChI is InChI=1S/C11H23FOSi/c1-5-14(6-2)11(12)7-8-13-9-10(3)4/h11,14H,3,5-9H2,1-2,4H3. The first kappa shape index (κ1) is 13.8. The summed E-state index contributed by atoms with van der Waals surface area (Å²) in [6.07, 6.45) is 0.575. The molecule has 0 aliphatic heterocycles. The minimum absolute atomic E-state index is 0.539. The molecule has 0 N–H and O–H groups in total. The molecule has 0 aliphatic carbocycles. The highest BCUT2D eigenvalue weighted by atomic mass is 28.3. The molecule has 0 saturated heterocycles. The van der Waals surface area contributed by atoms with Gasteiger partial charge in [-0.05, 0) is 13.3 Å². The second-order valence-electron chi connectivity index (χ2n) is 3.89. The Hall–Kier alpha value is -0.153. The van der Waals surface area contributed by atoms with Crippen molar-refractivity contribution in [2.45, 2.75) is 45.1 Å². The molecule has 1 atom stereocenters. The topological polar surface area (TPSA) is 9.23 Å². The Balaban J connectivity index is 3.51. The van der Waals surface area contributed by atoms with Crippen LogP contribution in [-0.4, -0.2) is 27.8 Å². The number of rotatable bonds is 8. The van der Waals surface area contributed by atoms with E-state index >= 15 is 0 Å². The molecule has 14 heavy (non-hydrogen) atoms. The number of ether oxygens (including phenoxy) is 1. The fourth-order valence-corrected chi connectivity index (χ4v) is 3.69. The lowest BCUT2D eigenvalue weighted by atomic mass is 10.4. The molecule has 0 aliphatic rings. The number of alkyl halides is 1. The Bertz CT molecular complexity index is 157. The average molecular weight is 218 g/mol. The molecule has 0 aromatic carbocycles. The van der Waals surface area contributed by atoms with Crippen LogP contribution in [0.1, 0.15) is 27.2 Å². The van der Waals surface area contributed by atoms with E-state index in [0.29, 0.717) is 19.6 Å². The van der Waals surface area contributed by atoms with Gasteiger partial charge in [0.1, 0.15) is 0 Å². The van der Waals surface area contributed by atoms with Gasteiger partial charge in [-0.3, -0.25) is 4.39 Å². The van der Waals surface area contributed by atoms with Crippen molar-refractivity contribution in [1.82, 2.24) is 0 Å². The molecule has 0 aromatic rings. The van der Waals surface area contributed by atoms with E-state index in [4.69, 9.17) is 4.74 Å². The van der Waals surface area contributed by atoms with Crippen LogP contribution in [0.5, 0.6) is 0 Å². The van der Waals surface area contributed by atoms with Crippen LogP contribution in [0.3, 0.4) is 0 Å². The van der Waals surface area contributed by atoms with Gasteiger partial charge in [-0.15, -0.1) is 0 Å². The van der Waals surface area contributed by atoms with Crippen LogP contribution in [0.15, 0.2) is 12.2 Å². The zero-order valence-corrected chi connectivity index (χ0v) is 10.8. The normalized spacial score (nSPS) is 13.2. The van der Waals surface area contributed by atoms with E-state index < -0.39 is 14.6 Å². The lowest BCUT2D eigenvalue weighted by molar-refractivity contribution is 0.141. The zero-order valence-electron chi connectivity index (χ0n) is 9.68. The van der Waals surface area contributed by atoms with Crippen LogP contribution in [-0.2, 0) is 4.74 Å². The number of hydrogen-bond donors (Lipinski definition) is 0. The maximum atomic E-state index is 13.6. The molecular weight excluding hydrogens is 195 g/mol. The van der Waals surface area contributed by atoms with Gasteiger partial charge < -0.3 is 4.74 Å². The molecule has 0 rings (SSSR count). The summed E-state index contributed by atoms with van der Waals surface area (Å²) in [7, 11) is -1.12. The van der Waals surface area contributed by atoms with Crippen molar-refractivity contribution in [1.29, 1.82) is 0 Å². The highest BCUT2D eigenvalue weighted by Crippen LogP contribution is 2.11. The molecule has 0 saturated carbocycles. The van der Waals surface area contributed by atoms with Gasteiger partial charge in [0.25, 0.3) is 0 Å². The highest BCUT2D eigenvalue weighted by molar-refractivity contribution is 6.59. The Kier molecular flexibility index (Phi) is 8.09. The van der Waals surface area contributed by atoms with Gasteiger partial charge >= 0.3 is 0 Å². The second-order valence-corrected chi connectivity index (χ2v) is 7.77. The molecule has 0 aromatic heterocycles. The van der Waals surface area contributed by atoms with Crippen molar-refractivity contribution in [3.05, 3.63) is 12.2 Å². The van der Waals surface area contributed by atoms with Gasteiger partial charge in [0.15, 0.2) is 0 Å². The smallest absolute Gasteiger partial charge is 0.0888 e. The van der Waals surface area contributed by atoms with Crippen LogP contribution < -0.4 is 0 Å². The number of halogens is 1. The first-order valence-corrected chi connectivity index (χ1v) is 7.77. The Labute approximate surface area is 89.0 Å². The van der Waals surface area contributed by atoms with Crippen LogP contribution >= 0.6 is 0 Å². The van der Waals surface area contributed by atoms with Gasteiger partial charge in [-0.2, -0.15) is 0 Å². The first-order chi connectivity index (χ1) is 6.61. The Morgan fingerprint density at radius 1 is 1.43 bits per heavy atom. The predicted molar refractivity (Wildman–Crippen MR) is 63.3 cm³/mol. The maximum Gasteiger partial charge on any atom is 0.0888 e. The molecule has 0 heterocycles. The minimum Gasteiger partial charge on any atom is -0.377 e. The van der Waals surface area contributed by atoms with Crippen molar-refractivity contribution in [3.63, 3.8) is 0 Å². The molecule has 1 unspecified atom stereocenters. The third-order valence-electron chi connectivity index (χ3n) is 2.45. The van der Waals surface area contributed by atoms with E-state index in [0.717, 1.165) is 17.7 Å². The SMILES string of the molecule is C=C(C)COCCC(F)[SiH](CC)CC. The lowest BCUT2D eigenvalue weighted by Gasteiger charge is -2.16. The fraction of sp³-hybridized carbons (Fsp3) is 0.818. The summed E-state index contributed by atoms with van der Waals surface area (Å²) in [5, 5.41) is 0. The zero-order chi connectivity index (χ0) is 11.0. The third-order valence-corrected chi connectivity index (χ3v) is 5.90. The average Bonchev–Trinajstić information content (AvgIpc) is 2.14. The minimum atomic E-state index is -1.12. The molecule has 1 nitrogen and oxygen atoms in total. The van der Waals surface area contributed by atoms with Crippen molar-refractivity contribution in [2.75, 3.05) is 13.2 Å². The Morgan fingerprint density at radius 2 is 2.00 bits per heavy atom. The molecular formula is C11H23FOSi. The second kappa shape index (κ2) is 8.18. The molecule has 0 amide bonds. The van der Waals surface area contributed by atoms with Crippen molar-refractivity contribution in [2.24, 2.45) is 0 Å². The lowest BCUT2D eigenvalue weighted by Crippen LogP contribution is -2.26. The summed E-state index contributed by atoms with van der Waals surface area (Å²) in [5.74, 6) is -0.574. The van der Waals surface area contributed by atoms with Crippen molar-refractivity contribution in [3.8, 4) is 0 Å². The van der Waals surface area contributed by atoms with Crippen LogP contribution in [0.2, 0.25) is 12.1 Å². The molecule has 0 spiro atoms. The van der Waals surface area contributed by atoms with E-state index in [-0.39, 0.29) is 0 Å². The summed E-state index contributed by atoms with van der Waals surface area (Å²) in [6.45, 7) is 11.0. The maximum absolute atomic E-state index is 13.6. The van der Waals surface area contributed by atoms with E-state index in [1.807, 2.05) is 6.92 Å². The monoisotopic (exact) mass is 218 g/mol. The molecule has 0 radical (unpaired) electrons. The number of hydrogen-bond acceptors (Lipinski definition) is 1. The first-order valence-electron chi connectivity index (χ1n) is 5.47. The van der Waals surface area contributed by atoms with Gasteiger partial charge in [0.2, 0.25) is 0 Å². The molecule has 0 bridgehead atoms. The van der Waals surface area contributed by atoms with Gasteiger partial charge in [-0.25, -0.2) is 0 Å². The summed E-state index contributed by atoms with van der Waals surface area (Å²) < 4.78 is 18.8. The van der Waals surface area contributed by atoms with Gasteiger partial charge in [-0.1, -0.05) is 38.1 Å². The largest absolute Gasteiger partial charge is 0.377 e. The summed E-state index contributed by atoms with van der Waals surface area (Å²) >= 11 is 0. The third kappa shape index (κ3) is 6.32. The van der Waals surface area contributed by atoms with Crippen LogP contribution in [0.4, 0.5) is 4.39 Å². The highest BCUT2D eigenvalue weighted by Gasteiger charge is 2.18. The summed E-state index contributed by atoms with van der Waals surface area (Å²) in [6, 6.07) is 2.11. The molecule has 84 valence electrons. The van der Waals surface area contributed by atoms with Crippen LogP contribution in [0, 0.1) is 0 Å². The molecule has 0 fully saturated rings.